The van der Waals surface area contributed by atoms with Gasteiger partial charge < -0.3 is 10.1 Å². The average Bonchev–Trinajstić information content (AvgIpc) is 2.27. The molecule has 5 heteroatoms. The molecule has 1 fully saturated rings. The lowest BCUT2D eigenvalue weighted by Gasteiger charge is -2.36. The molecule has 0 aromatic rings. The molecule has 0 aliphatic heterocycles. The minimum absolute atomic E-state index is 0.0621. The highest BCUT2D eigenvalue weighted by Gasteiger charge is 2.45. The van der Waals surface area contributed by atoms with Crippen molar-refractivity contribution in [3.63, 3.8) is 0 Å². The molecular formula is C12H22F3NO. The van der Waals surface area contributed by atoms with Gasteiger partial charge >= 0.3 is 6.18 Å². The summed E-state index contributed by atoms with van der Waals surface area (Å²) in [6, 6.07) is -0.524. The molecule has 2 nitrogen and oxygen atoms in total. The van der Waals surface area contributed by atoms with Crippen molar-refractivity contribution in [1.29, 1.82) is 0 Å². The van der Waals surface area contributed by atoms with E-state index in [1.807, 2.05) is 13.8 Å². The molecule has 0 bridgehead atoms. The van der Waals surface area contributed by atoms with Crippen molar-refractivity contribution in [3.8, 4) is 0 Å². The van der Waals surface area contributed by atoms with Gasteiger partial charge in [-0.2, -0.15) is 13.2 Å². The van der Waals surface area contributed by atoms with Crippen molar-refractivity contribution in [1.82, 2.24) is 5.32 Å². The zero-order chi connectivity index (χ0) is 13.1. The third kappa shape index (κ3) is 4.14. The molecule has 1 aliphatic rings. The highest BCUT2D eigenvalue weighted by molar-refractivity contribution is 4.88. The SMILES string of the molecule is COC(C)C(C)NC1CCCCC1C(F)(F)F. The van der Waals surface area contributed by atoms with Crippen LogP contribution in [0.4, 0.5) is 13.2 Å². The quantitative estimate of drug-likeness (QED) is 0.831. The van der Waals surface area contributed by atoms with Crippen LogP contribution in [-0.2, 0) is 4.74 Å². The standard InChI is InChI=1S/C12H22F3NO/c1-8(9(2)17-3)16-11-7-5-4-6-10(11)12(13,14)15/h8-11,16H,4-7H2,1-3H3. The number of alkyl halides is 3. The minimum Gasteiger partial charge on any atom is -0.380 e. The van der Waals surface area contributed by atoms with Crippen LogP contribution in [0.15, 0.2) is 0 Å². The monoisotopic (exact) mass is 253 g/mol. The Kier molecular flexibility index (Phi) is 5.25. The minimum atomic E-state index is -4.09. The lowest BCUT2D eigenvalue weighted by molar-refractivity contribution is -0.190. The van der Waals surface area contributed by atoms with Gasteiger partial charge in [0, 0.05) is 19.2 Å². The second-order valence-electron chi connectivity index (χ2n) is 4.94. The zero-order valence-corrected chi connectivity index (χ0v) is 10.7. The molecule has 4 unspecified atom stereocenters. The first-order valence-corrected chi connectivity index (χ1v) is 6.21. The van der Waals surface area contributed by atoms with Gasteiger partial charge in [0.05, 0.1) is 12.0 Å². The fourth-order valence-electron chi connectivity index (χ4n) is 2.40. The molecule has 0 saturated heterocycles. The second-order valence-corrected chi connectivity index (χ2v) is 4.94. The summed E-state index contributed by atoms with van der Waals surface area (Å²) < 4.78 is 43.7. The Morgan fingerprint density at radius 1 is 1.18 bits per heavy atom. The van der Waals surface area contributed by atoms with E-state index in [-0.39, 0.29) is 18.6 Å². The van der Waals surface area contributed by atoms with Crippen molar-refractivity contribution in [2.45, 2.75) is 63.9 Å². The van der Waals surface area contributed by atoms with Gasteiger partial charge in [0.1, 0.15) is 0 Å². The third-order valence-electron chi connectivity index (χ3n) is 3.74. The summed E-state index contributed by atoms with van der Waals surface area (Å²) in [6.07, 6.45) is -1.77. The maximum absolute atomic E-state index is 12.9. The Balaban J connectivity index is 2.60. The Morgan fingerprint density at radius 3 is 2.29 bits per heavy atom. The van der Waals surface area contributed by atoms with Crippen LogP contribution < -0.4 is 5.32 Å². The molecule has 0 spiro atoms. The van der Waals surface area contributed by atoms with Crippen LogP contribution in [0.25, 0.3) is 0 Å². The van der Waals surface area contributed by atoms with Gasteiger partial charge in [-0.1, -0.05) is 12.8 Å². The maximum Gasteiger partial charge on any atom is 0.393 e. The fraction of sp³-hybridized carbons (Fsp3) is 1.00. The lowest BCUT2D eigenvalue weighted by Crippen LogP contribution is -2.51. The number of ether oxygens (including phenoxy) is 1. The van der Waals surface area contributed by atoms with Crippen LogP contribution in [0.2, 0.25) is 0 Å². The van der Waals surface area contributed by atoms with E-state index in [4.69, 9.17) is 4.74 Å². The molecule has 0 amide bonds. The van der Waals surface area contributed by atoms with E-state index in [0.717, 1.165) is 6.42 Å². The van der Waals surface area contributed by atoms with Crippen molar-refractivity contribution in [2.75, 3.05) is 7.11 Å². The summed E-state index contributed by atoms with van der Waals surface area (Å²) in [5.41, 5.74) is 0. The predicted molar refractivity (Wildman–Crippen MR) is 60.9 cm³/mol. The van der Waals surface area contributed by atoms with E-state index < -0.39 is 18.1 Å². The summed E-state index contributed by atoms with van der Waals surface area (Å²) in [4.78, 5) is 0. The Hall–Kier alpha value is -0.290. The molecule has 0 heterocycles. The predicted octanol–water partition coefficient (Wildman–Crippen LogP) is 3.12. The summed E-state index contributed by atoms with van der Waals surface area (Å²) in [5, 5.41) is 3.08. The first-order valence-electron chi connectivity index (χ1n) is 6.21. The van der Waals surface area contributed by atoms with E-state index in [1.165, 1.54) is 0 Å². The van der Waals surface area contributed by atoms with Crippen LogP contribution in [0.3, 0.4) is 0 Å². The van der Waals surface area contributed by atoms with E-state index in [0.29, 0.717) is 12.8 Å². The maximum atomic E-state index is 12.9. The molecule has 1 N–H and O–H groups in total. The highest BCUT2D eigenvalue weighted by atomic mass is 19.4. The van der Waals surface area contributed by atoms with E-state index >= 15 is 0 Å². The molecule has 0 aromatic heterocycles. The van der Waals surface area contributed by atoms with Gasteiger partial charge in [-0.05, 0) is 26.7 Å². The summed E-state index contributed by atoms with van der Waals surface area (Å²) in [7, 11) is 1.57. The molecule has 0 radical (unpaired) electrons. The molecule has 17 heavy (non-hydrogen) atoms. The van der Waals surface area contributed by atoms with Gasteiger partial charge in [-0.3, -0.25) is 0 Å². The number of methoxy groups -OCH3 is 1. The molecular weight excluding hydrogens is 231 g/mol. The number of hydrogen-bond acceptors (Lipinski definition) is 2. The normalized spacial score (nSPS) is 30.0. The van der Waals surface area contributed by atoms with Gasteiger partial charge in [-0.25, -0.2) is 0 Å². The molecule has 0 aromatic carbocycles. The Morgan fingerprint density at radius 2 is 1.76 bits per heavy atom. The Bertz CT molecular complexity index is 232. The summed E-state index contributed by atoms with van der Waals surface area (Å²) >= 11 is 0. The Labute approximate surface area is 101 Å². The fourth-order valence-corrected chi connectivity index (χ4v) is 2.40. The number of halogens is 3. The molecule has 1 aliphatic carbocycles. The molecule has 1 rings (SSSR count). The lowest BCUT2D eigenvalue weighted by atomic mass is 9.83. The van der Waals surface area contributed by atoms with Crippen molar-refractivity contribution in [3.05, 3.63) is 0 Å². The van der Waals surface area contributed by atoms with Crippen LogP contribution in [-0.4, -0.2) is 31.5 Å². The van der Waals surface area contributed by atoms with Crippen molar-refractivity contribution >= 4 is 0 Å². The smallest absolute Gasteiger partial charge is 0.380 e. The average molecular weight is 253 g/mol. The molecule has 102 valence electrons. The van der Waals surface area contributed by atoms with Gasteiger partial charge in [0.15, 0.2) is 0 Å². The number of nitrogens with one attached hydrogen (secondary N) is 1. The topological polar surface area (TPSA) is 21.3 Å². The first-order chi connectivity index (χ1) is 7.86. The van der Waals surface area contributed by atoms with E-state index in [9.17, 15) is 13.2 Å². The van der Waals surface area contributed by atoms with Crippen LogP contribution in [0.5, 0.6) is 0 Å². The largest absolute Gasteiger partial charge is 0.393 e. The van der Waals surface area contributed by atoms with Gasteiger partial charge in [0.2, 0.25) is 0 Å². The number of rotatable bonds is 4. The van der Waals surface area contributed by atoms with Gasteiger partial charge in [0.25, 0.3) is 0 Å². The summed E-state index contributed by atoms with van der Waals surface area (Å²) in [6.45, 7) is 3.74. The third-order valence-corrected chi connectivity index (χ3v) is 3.74. The zero-order valence-electron chi connectivity index (χ0n) is 10.7. The van der Waals surface area contributed by atoms with Crippen LogP contribution >= 0.6 is 0 Å². The van der Waals surface area contributed by atoms with Crippen LogP contribution in [0.1, 0.15) is 39.5 Å². The highest BCUT2D eigenvalue weighted by Crippen LogP contribution is 2.37. The van der Waals surface area contributed by atoms with Crippen molar-refractivity contribution in [2.24, 2.45) is 5.92 Å². The molecule has 4 atom stereocenters. The number of hydrogen-bond donors (Lipinski definition) is 1. The second kappa shape index (κ2) is 6.05. The van der Waals surface area contributed by atoms with Crippen molar-refractivity contribution < 1.29 is 17.9 Å². The summed E-state index contributed by atoms with van der Waals surface area (Å²) in [5.74, 6) is -1.21. The van der Waals surface area contributed by atoms with E-state index in [1.54, 1.807) is 7.11 Å². The first kappa shape index (κ1) is 14.8. The van der Waals surface area contributed by atoms with E-state index in [2.05, 4.69) is 5.32 Å². The van der Waals surface area contributed by atoms with Crippen LogP contribution in [0, 0.1) is 5.92 Å². The molecule has 1 saturated carbocycles. The van der Waals surface area contributed by atoms with Gasteiger partial charge in [-0.15, -0.1) is 0 Å².